The van der Waals surface area contributed by atoms with Gasteiger partial charge in [0.25, 0.3) is 11.7 Å². The van der Waals surface area contributed by atoms with Crippen LogP contribution in [0.4, 0.5) is 20.2 Å². The van der Waals surface area contributed by atoms with E-state index in [1.807, 2.05) is 94.4 Å². The zero-order valence-corrected chi connectivity index (χ0v) is 42.1. The van der Waals surface area contributed by atoms with Crippen LogP contribution < -0.4 is 4.65 Å². The molecule has 14 nitrogen and oxygen atoms in total. The van der Waals surface area contributed by atoms with E-state index in [9.17, 15) is 27.4 Å². The van der Waals surface area contributed by atoms with Gasteiger partial charge in [0, 0.05) is 63.5 Å². The summed E-state index contributed by atoms with van der Waals surface area (Å²) in [5.41, 5.74) is 0.748. The number of pyridine rings is 2. The number of quaternary nitrogens is 2. The van der Waals surface area contributed by atoms with Gasteiger partial charge in [0.15, 0.2) is 25.6 Å². The number of sulfonamides is 1. The van der Waals surface area contributed by atoms with Gasteiger partial charge in [-0.15, -0.1) is 10.4 Å². The number of nitro groups is 1. The molecule has 0 unspecified atom stereocenters. The number of benzene rings is 5. The Morgan fingerprint density at radius 3 is 1.72 bits per heavy atom. The van der Waals surface area contributed by atoms with Crippen molar-refractivity contribution in [3.05, 3.63) is 185 Å². The molecule has 0 spiro atoms. The van der Waals surface area contributed by atoms with E-state index in [4.69, 9.17) is 26.5 Å². The van der Waals surface area contributed by atoms with Gasteiger partial charge < -0.3 is 19.5 Å². The summed E-state index contributed by atoms with van der Waals surface area (Å²) in [6, 6.07) is 40.7. The number of non-ortho nitro benzene ring substituents is 1. The number of para-hydroxylation sites is 1. The van der Waals surface area contributed by atoms with Gasteiger partial charge >= 0.3 is 7.69 Å². The van der Waals surface area contributed by atoms with Gasteiger partial charge in [-0.1, -0.05) is 118 Å². The van der Waals surface area contributed by atoms with Crippen molar-refractivity contribution in [2.75, 3.05) is 45.3 Å². The number of carbonyl (C=O) groups is 1. The van der Waals surface area contributed by atoms with E-state index in [1.54, 1.807) is 61.1 Å². The molecule has 3 fully saturated rings. The number of aliphatic carboxylic acids is 1. The molecule has 10 rings (SSSR count). The van der Waals surface area contributed by atoms with Crippen molar-refractivity contribution in [1.82, 2.24) is 9.97 Å². The van der Waals surface area contributed by atoms with Crippen LogP contribution in [0.3, 0.4) is 0 Å². The predicted octanol–water partition coefficient (Wildman–Crippen LogP) is 11.1. The molecule has 0 aliphatic carbocycles. The van der Waals surface area contributed by atoms with E-state index in [-0.39, 0.29) is 47.2 Å². The number of fused-ring (bicyclic) bond motifs is 6. The van der Waals surface area contributed by atoms with E-state index < -0.39 is 20.9 Å². The van der Waals surface area contributed by atoms with Crippen molar-refractivity contribution in [2.45, 2.75) is 39.5 Å². The zero-order valence-electron chi connectivity index (χ0n) is 39.0. The Labute approximate surface area is 422 Å². The molecule has 1 radical (unpaired) electrons. The van der Waals surface area contributed by atoms with Crippen molar-refractivity contribution in [2.24, 2.45) is 0 Å². The quantitative estimate of drug-likeness (QED) is 0.0228. The standard InChI is InChI=1S/C19H12N3O4S.C7H14ClFN2.C6H6BO2.C6H5F.C5H5N.C2H4O2.2C2H6.Pd/c23-22(24)15-8-10-16(11-9-15)27(25,26)21-17-5-1-3-13-6-7-14-4-2-12-20-19(14)18(13)17;8-7-10-1-4-11(9,5-2-10)6-3-10;8-7-9-6-4-2-1-3-5-6;7-6-4-2-1-3-5-6;1-2-4-6-5-3-1;1-2(3)4;2*1-2;/h1-12H;1-7H2;1-5,8H;1-5H;1-5H;1H3,(H,3,4);2*1-2H3;/q-1;+2;;;;;;;. The number of nitro benzene ring substituents is 1. The minimum Gasteiger partial charge on any atom is -0.572 e. The molecule has 7 aromatic rings. The molecule has 3 aliphatic heterocycles. The number of hydrogen-bond acceptors (Lipinski definition) is 9. The average molecular weight is 1080 g/mol. The molecule has 5 aromatic carbocycles. The van der Waals surface area contributed by atoms with Gasteiger partial charge in [-0.3, -0.25) is 29.4 Å². The van der Waals surface area contributed by atoms with Crippen LogP contribution in [0.2, 0.25) is 0 Å². The van der Waals surface area contributed by atoms with Crippen molar-refractivity contribution in [1.29, 1.82) is 0 Å². The normalized spacial score (nSPS) is 15.7. The molecule has 0 saturated carbocycles. The van der Waals surface area contributed by atoms with Crippen LogP contribution in [0, 0.1) is 15.9 Å². The third-order valence-electron chi connectivity index (χ3n) is 9.57. The molecule has 3 aliphatic rings. The molecule has 2 bridgehead atoms. The molecule has 3 saturated heterocycles. The minimum atomic E-state index is -4.04. The maximum Gasteiger partial charge on any atom is 0.569 e. The number of carboxylic acids is 1. The largest absolute Gasteiger partial charge is 0.572 e. The molecule has 0 atom stereocenters. The van der Waals surface area contributed by atoms with E-state index in [2.05, 4.69) is 19.3 Å². The van der Waals surface area contributed by atoms with Gasteiger partial charge in [-0.25, -0.2) is 12.8 Å². The van der Waals surface area contributed by atoms with Gasteiger partial charge in [-0.2, -0.15) is 0 Å². The number of rotatable bonds is 7. The fourth-order valence-electron chi connectivity index (χ4n) is 6.20. The summed E-state index contributed by atoms with van der Waals surface area (Å²) in [7, 11) is -3.38. The Hall–Kier alpha value is -5.90. The van der Waals surface area contributed by atoms with Crippen LogP contribution >= 0.6 is 11.6 Å². The SMILES string of the molecule is CC.CC.CC(=O)O.F[N+]12CC[N+](CCl)(CC1)CC2.Fc1ccccc1.O=[N+]([O-])c1ccc(S(=O)(=O)[N-]c2cccc3ccc4cccnc4c23)cc1.O[B]Oc1ccccc1.[Pd].c1ccncc1. The second-order valence-corrected chi connectivity index (χ2v) is 15.9. The number of piperazine rings is 3. The van der Waals surface area contributed by atoms with Crippen molar-refractivity contribution >= 4 is 68.3 Å². The van der Waals surface area contributed by atoms with Crippen LogP contribution in [0.1, 0.15) is 34.6 Å². The fraction of sp³-hybridized carbons (Fsp3) is 0.245. The molecule has 2 aromatic heterocycles. The first-order valence-electron chi connectivity index (χ1n) is 21.6. The average Bonchev–Trinajstić information content (AvgIpc) is 3.37. The van der Waals surface area contributed by atoms with E-state index >= 15 is 0 Å². The first kappa shape index (κ1) is 61.1. The number of carboxylic acid groups (broad SMARTS) is 1. The maximum absolute atomic E-state index is 13.5. The summed E-state index contributed by atoms with van der Waals surface area (Å²) in [6.07, 6.45) is 5.14. The molecule has 371 valence electrons. The minimum absolute atomic E-state index is 0. The number of nitrogens with zero attached hydrogens (tertiary/aromatic N) is 6. The summed E-state index contributed by atoms with van der Waals surface area (Å²) in [6.45, 7) is 13.9. The Morgan fingerprint density at radius 2 is 1.28 bits per heavy atom. The van der Waals surface area contributed by atoms with E-state index in [0.717, 1.165) is 53.9 Å². The Balaban J connectivity index is 0.000000468. The van der Waals surface area contributed by atoms with Gasteiger partial charge in [-0.05, 0) is 69.9 Å². The van der Waals surface area contributed by atoms with Crippen LogP contribution in [0.5, 0.6) is 5.75 Å². The molecule has 5 heterocycles. The second-order valence-electron chi connectivity index (χ2n) is 14.0. The molecule has 69 heavy (non-hydrogen) atoms. The summed E-state index contributed by atoms with van der Waals surface area (Å²) in [4.78, 5) is 27.2. The third-order valence-corrected chi connectivity index (χ3v) is 11.4. The molecule has 20 heteroatoms. The van der Waals surface area contributed by atoms with Crippen LogP contribution in [0.15, 0.2) is 169 Å². The molecular weight excluding hydrogens is 1020 g/mol. The molecule has 0 amide bonds. The van der Waals surface area contributed by atoms with E-state index in [1.165, 1.54) is 24.3 Å². The molecule has 2 N–H and O–H groups in total. The number of aromatic nitrogens is 2. The van der Waals surface area contributed by atoms with Crippen molar-refractivity contribution in [3.63, 3.8) is 0 Å². The Morgan fingerprint density at radius 1 is 0.768 bits per heavy atom. The third kappa shape index (κ3) is 21.5. The second kappa shape index (κ2) is 32.8. The van der Waals surface area contributed by atoms with Gasteiger partial charge in [0.1, 0.15) is 35.5 Å². The van der Waals surface area contributed by atoms with E-state index in [0.29, 0.717) is 50.0 Å². The summed E-state index contributed by atoms with van der Waals surface area (Å²) >= 11 is 5.85. The van der Waals surface area contributed by atoms with Gasteiger partial charge in [0.05, 0.1) is 21.1 Å². The van der Waals surface area contributed by atoms with Crippen LogP contribution in [0.25, 0.3) is 26.4 Å². The van der Waals surface area contributed by atoms with Crippen molar-refractivity contribution < 1.29 is 71.4 Å². The number of hydrogen-bond donors (Lipinski definition) is 2. The fourth-order valence-corrected chi connectivity index (χ4v) is 7.56. The predicted molar refractivity (Wildman–Crippen MR) is 266 cm³/mol. The first-order chi connectivity index (χ1) is 32.7. The Kier molecular flexibility index (Phi) is 29.0. The monoisotopic (exact) mass is 1080 g/mol. The number of alkyl halides is 1. The summed E-state index contributed by atoms with van der Waals surface area (Å²) in [5, 5.41) is 28.7. The topological polar surface area (TPSA) is 184 Å². The van der Waals surface area contributed by atoms with Crippen LogP contribution in [-0.2, 0) is 35.2 Å². The van der Waals surface area contributed by atoms with Crippen LogP contribution in [-0.4, -0.2) is 102 Å². The maximum atomic E-state index is 13.5. The summed E-state index contributed by atoms with van der Waals surface area (Å²) < 4.78 is 60.2. The summed E-state index contributed by atoms with van der Waals surface area (Å²) in [5.74, 6) is -0.373. The van der Waals surface area contributed by atoms with Crippen molar-refractivity contribution in [3.8, 4) is 5.75 Å². The molecular formula is C49H58BClF2N6O8PdS+. The zero-order chi connectivity index (χ0) is 50.4. The van der Waals surface area contributed by atoms with Gasteiger partial charge in [0.2, 0.25) is 0 Å². The first-order valence-corrected chi connectivity index (χ1v) is 23.6. The Bertz CT molecular complexity index is 2590. The number of halogens is 3. The smallest absolute Gasteiger partial charge is 0.569 e.